The van der Waals surface area contributed by atoms with Crippen LogP contribution in [0.25, 0.3) is 32.4 Å². The lowest BCUT2D eigenvalue weighted by molar-refractivity contribution is 0.102. The minimum Gasteiger partial charge on any atom is -0.494 e. The fourth-order valence-corrected chi connectivity index (χ4v) is 4.68. The van der Waals surface area contributed by atoms with Crippen molar-refractivity contribution >= 4 is 43.5 Å². The first-order valence-electron chi connectivity index (χ1n) is 10.8. The van der Waals surface area contributed by atoms with Crippen LogP contribution in [0.1, 0.15) is 28.4 Å². The number of pyridine rings is 1. The third-order valence-corrected chi connectivity index (χ3v) is 6.59. The summed E-state index contributed by atoms with van der Waals surface area (Å²) in [5.41, 5.74) is 6.35. The highest BCUT2D eigenvalue weighted by Gasteiger charge is 2.16. The van der Waals surface area contributed by atoms with E-state index in [1.807, 2.05) is 61.5 Å². The van der Waals surface area contributed by atoms with E-state index in [0.717, 1.165) is 38.1 Å². The van der Waals surface area contributed by atoms with Gasteiger partial charge in [-0.3, -0.25) is 10.1 Å². The SMILES string of the molecule is CCOc1ccc2nc(NC(=O)c3cc(-c4ccc(C)c(C)c4)nc4ccccc34)sc2c1. The number of fused-ring (bicyclic) bond motifs is 2. The monoisotopic (exact) mass is 453 g/mol. The number of carbonyl (C=O) groups excluding carboxylic acids is 1. The molecule has 5 rings (SSSR count). The molecule has 2 heterocycles. The van der Waals surface area contributed by atoms with Crippen molar-refractivity contribution in [3.63, 3.8) is 0 Å². The topological polar surface area (TPSA) is 64.1 Å². The molecule has 0 aliphatic carbocycles. The average molecular weight is 454 g/mol. The maximum absolute atomic E-state index is 13.4. The second kappa shape index (κ2) is 8.64. The summed E-state index contributed by atoms with van der Waals surface area (Å²) in [5, 5.41) is 4.35. The second-order valence-electron chi connectivity index (χ2n) is 7.91. The van der Waals surface area contributed by atoms with Gasteiger partial charge in [0.05, 0.1) is 33.6 Å². The average Bonchev–Trinajstić information content (AvgIpc) is 3.21. The number of rotatable bonds is 5. The highest BCUT2D eigenvalue weighted by Crippen LogP contribution is 2.31. The zero-order valence-electron chi connectivity index (χ0n) is 18.7. The summed E-state index contributed by atoms with van der Waals surface area (Å²) in [7, 11) is 0. The molecule has 0 radical (unpaired) electrons. The standard InChI is InChI=1S/C27H23N3O2S/c1-4-32-19-11-12-23-25(14-19)33-27(29-23)30-26(31)21-15-24(18-10-9-16(2)17(3)13-18)28-22-8-6-5-7-20(21)22/h5-15H,4H2,1-3H3,(H,29,30,31). The molecule has 5 aromatic rings. The van der Waals surface area contributed by atoms with Gasteiger partial charge < -0.3 is 4.74 Å². The normalized spacial score (nSPS) is 11.1. The summed E-state index contributed by atoms with van der Waals surface area (Å²) in [6, 6.07) is 21.6. The molecule has 3 aromatic carbocycles. The molecule has 6 heteroatoms. The van der Waals surface area contributed by atoms with Crippen molar-refractivity contribution in [1.29, 1.82) is 0 Å². The molecule has 0 unspecified atom stereocenters. The van der Waals surface area contributed by atoms with E-state index in [-0.39, 0.29) is 5.91 Å². The lowest BCUT2D eigenvalue weighted by atomic mass is 10.0. The van der Waals surface area contributed by atoms with Crippen molar-refractivity contribution < 1.29 is 9.53 Å². The first-order valence-corrected chi connectivity index (χ1v) is 11.7. The van der Waals surface area contributed by atoms with Gasteiger partial charge >= 0.3 is 0 Å². The molecule has 1 N–H and O–H groups in total. The number of hydrogen-bond acceptors (Lipinski definition) is 5. The Bertz CT molecular complexity index is 1510. The number of benzene rings is 3. The van der Waals surface area contributed by atoms with Crippen LogP contribution in [-0.4, -0.2) is 22.5 Å². The van der Waals surface area contributed by atoms with Gasteiger partial charge in [-0.15, -0.1) is 0 Å². The highest BCUT2D eigenvalue weighted by atomic mass is 32.1. The first-order chi connectivity index (χ1) is 16.0. The molecule has 164 valence electrons. The molecule has 0 aliphatic heterocycles. The molecule has 1 amide bonds. The predicted molar refractivity (Wildman–Crippen MR) is 135 cm³/mol. The zero-order valence-corrected chi connectivity index (χ0v) is 19.5. The minimum atomic E-state index is -0.206. The molecule has 0 bridgehead atoms. The maximum Gasteiger partial charge on any atom is 0.258 e. The van der Waals surface area contributed by atoms with Gasteiger partial charge in [-0.1, -0.05) is 41.7 Å². The number of thiazole rings is 1. The van der Waals surface area contributed by atoms with Crippen LogP contribution < -0.4 is 10.1 Å². The third-order valence-electron chi connectivity index (χ3n) is 5.65. The van der Waals surface area contributed by atoms with Crippen molar-refractivity contribution in [1.82, 2.24) is 9.97 Å². The van der Waals surface area contributed by atoms with E-state index in [9.17, 15) is 4.79 Å². The number of hydrogen-bond donors (Lipinski definition) is 1. The second-order valence-corrected chi connectivity index (χ2v) is 8.94. The fraction of sp³-hybridized carbons (Fsp3) is 0.148. The van der Waals surface area contributed by atoms with Gasteiger partial charge in [0.15, 0.2) is 5.13 Å². The molecule has 0 atom stereocenters. The smallest absolute Gasteiger partial charge is 0.258 e. The number of aromatic nitrogens is 2. The molecule has 33 heavy (non-hydrogen) atoms. The molecule has 0 spiro atoms. The molecule has 0 saturated carbocycles. The van der Waals surface area contributed by atoms with E-state index in [0.29, 0.717) is 17.3 Å². The Balaban J connectivity index is 1.53. The van der Waals surface area contributed by atoms with E-state index in [2.05, 4.69) is 36.3 Å². The Hall–Kier alpha value is -3.77. The molecule has 0 saturated heterocycles. The van der Waals surface area contributed by atoms with Crippen molar-refractivity contribution in [3.8, 4) is 17.0 Å². The summed E-state index contributed by atoms with van der Waals surface area (Å²) in [5.74, 6) is 0.590. The van der Waals surface area contributed by atoms with Crippen molar-refractivity contribution in [3.05, 3.63) is 83.4 Å². The highest BCUT2D eigenvalue weighted by molar-refractivity contribution is 7.22. The summed E-state index contributed by atoms with van der Waals surface area (Å²) in [6.07, 6.45) is 0. The number of aryl methyl sites for hydroxylation is 2. The van der Waals surface area contributed by atoms with Crippen LogP contribution in [0, 0.1) is 13.8 Å². The Labute approximate surface area is 196 Å². The van der Waals surface area contributed by atoms with Crippen LogP contribution in [0.2, 0.25) is 0 Å². The number of nitrogens with one attached hydrogen (secondary N) is 1. The van der Waals surface area contributed by atoms with Gasteiger partial charge in [-0.2, -0.15) is 0 Å². The Morgan fingerprint density at radius 3 is 2.61 bits per heavy atom. The number of carbonyl (C=O) groups is 1. The van der Waals surface area contributed by atoms with Crippen molar-refractivity contribution in [2.75, 3.05) is 11.9 Å². The van der Waals surface area contributed by atoms with Gasteiger partial charge in [-0.05, 0) is 68.3 Å². The van der Waals surface area contributed by atoms with Crippen LogP contribution in [0.4, 0.5) is 5.13 Å². The van der Waals surface area contributed by atoms with Crippen molar-refractivity contribution in [2.45, 2.75) is 20.8 Å². The van der Waals surface area contributed by atoms with E-state index in [1.165, 1.54) is 22.5 Å². The Morgan fingerprint density at radius 1 is 0.939 bits per heavy atom. The summed E-state index contributed by atoms with van der Waals surface area (Å²) < 4.78 is 6.54. The van der Waals surface area contributed by atoms with Gasteiger partial charge in [-0.25, -0.2) is 9.97 Å². The Kier molecular flexibility index (Phi) is 5.52. The lowest BCUT2D eigenvalue weighted by Gasteiger charge is -2.11. The van der Waals surface area contributed by atoms with Crippen LogP contribution in [0.3, 0.4) is 0 Å². The van der Waals surface area contributed by atoms with E-state index in [1.54, 1.807) is 0 Å². The maximum atomic E-state index is 13.4. The minimum absolute atomic E-state index is 0.206. The van der Waals surface area contributed by atoms with Crippen LogP contribution in [0.15, 0.2) is 66.7 Å². The predicted octanol–water partition coefficient (Wildman–Crippen LogP) is 6.78. The molecular formula is C27H23N3O2S. The van der Waals surface area contributed by atoms with Crippen molar-refractivity contribution in [2.24, 2.45) is 0 Å². The van der Waals surface area contributed by atoms with E-state index >= 15 is 0 Å². The number of para-hydroxylation sites is 1. The number of ether oxygens (including phenoxy) is 1. The first kappa shape index (κ1) is 21.1. The molecule has 0 aliphatic rings. The van der Waals surface area contributed by atoms with Gasteiger partial charge in [0.2, 0.25) is 0 Å². The van der Waals surface area contributed by atoms with Gasteiger partial charge in [0.1, 0.15) is 5.75 Å². The fourth-order valence-electron chi connectivity index (χ4n) is 3.79. The molecular weight excluding hydrogens is 430 g/mol. The summed E-state index contributed by atoms with van der Waals surface area (Å²) >= 11 is 1.43. The third kappa shape index (κ3) is 4.17. The van der Waals surface area contributed by atoms with Gasteiger partial charge in [0, 0.05) is 10.9 Å². The zero-order chi connectivity index (χ0) is 22.9. The van der Waals surface area contributed by atoms with E-state index < -0.39 is 0 Å². The largest absolute Gasteiger partial charge is 0.494 e. The van der Waals surface area contributed by atoms with Crippen LogP contribution in [0.5, 0.6) is 5.75 Å². The number of anilines is 1. The van der Waals surface area contributed by atoms with E-state index in [4.69, 9.17) is 9.72 Å². The summed E-state index contributed by atoms with van der Waals surface area (Å²) in [6.45, 7) is 6.72. The van der Waals surface area contributed by atoms with Gasteiger partial charge in [0.25, 0.3) is 5.91 Å². The molecule has 0 fully saturated rings. The Morgan fingerprint density at radius 2 is 1.79 bits per heavy atom. The number of nitrogens with zero attached hydrogens (tertiary/aromatic N) is 2. The molecule has 5 nitrogen and oxygen atoms in total. The lowest BCUT2D eigenvalue weighted by Crippen LogP contribution is -2.13. The number of amides is 1. The quantitative estimate of drug-likeness (QED) is 0.319. The van der Waals surface area contributed by atoms with Crippen LogP contribution in [-0.2, 0) is 0 Å². The molecule has 2 aromatic heterocycles. The summed E-state index contributed by atoms with van der Waals surface area (Å²) in [4.78, 5) is 22.8. The van der Waals surface area contributed by atoms with Crippen LogP contribution >= 0.6 is 11.3 Å².